The van der Waals surface area contributed by atoms with Crippen molar-refractivity contribution in [2.45, 2.75) is 12.2 Å². The minimum absolute atomic E-state index is 0.158. The van der Waals surface area contributed by atoms with E-state index in [1.807, 2.05) is 41.9 Å². The number of carbonyl (C=O) groups excluding carboxylic acids is 1. The van der Waals surface area contributed by atoms with E-state index < -0.39 is 12.2 Å². The lowest BCUT2D eigenvalue weighted by atomic mass is 10.2. The van der Waals surface area contributed by atoms with Gasteiger partial charge in [0.2, 0.25) is 0 Å². The Morgan fingerprint density at radius 3 is 2.47 bits per heavy atom. The third-order valence-electron chi connectivity index (χ3n) is 3.72. The highest BCUT2D eigenvalue weighted by Crippen LogP contribution is 2.21. The van der Waals surface area contributed by atoms with Crippen molar-refractivity contribution in [3.05, 3.63) is 36.0 Å². The molecule has 1 fully saturated rings. The van der Waals surface area contributed by atoms with Gasteiger partial charge in [-0.15, -0.1) is 0 Å². The minimum Gasteiger partial charge on any atom is -0.388 e. The van der Waals surface area contributed by atoms with Gasteiger partial charge in [0.05, 0.1) is 12.2 Å². The first-order chi connectivity index (χ1) is 9.08. The monoisotopic (exact) mass is 260 g/mol. The Labute approximate surface area is 110 Å². The summed E-state index contributed by atoms with van der Waals surface area (Å²) in [6.07, 6.45) is -1.70. The summed E-state index contributed by atoms with van der Waals surface area (Å²) < 4.78 is 1.84. The number of β-amino-alcohol motifs (C(OH)–C–C–N with tert-alkyl or cyclic N) is 2. The molecular formula is C14H16N2O3. The molecular weight excluding hydrogens is 244 g/mol. The van der Waals surface area contributed by atoms with E-state index in [0.29, 0.717) is 5.69 Å². The van der Waals surface area contributed by atoms with Gasteiger partial charge in [-0.05, 0) is 12.1 Å². The quantitative estimate of drug-likeness (QED) is 0.778. The molecule has 100 valence electrons. The fourth-order valence-electron chi connectivity index (χ4n) is 2.59. The smallest absolute Gasteiger partial charge is 0.270 e. The van der Waals surface area contributed by atoms with Gasteiger partial charge in [-0.3, -0.25) is 4.79 Å². The molecule has 1 aromatic carbocycles. The van der Waals surface area contributed by atoms with Crippen LogP contribution in [0.4, 0.5) is 0 Å². The maximum atomic E-state index is 12.4. The number of nitrogens with zero attached hydrogens (tertiary/aromatic N) is 2. The molecule has 5 heteroatoms. The van der Waals surface area contributed by atoms with Crippen LogP contribution < -0.4 is 0 Å². The van der Waals surface area contributed by atoms with Crippen LogP contribution in [0.15, 0.2) is 30.3 Å². The molecule has 1 amide bonds. The van der Waals surface area contributed by atoms with Crippen LogP contribution in [0.25, 0.3) is 10.9 Å². The molecule has 0 aliphatic carbocycles. The Morgan fingerprint density at radius 1 is 1.21 bits per heavy atom. The third-order valence-corrected chi connectivity index (χ3v) is 3.72. The zero-order valence-electron chi connectivity index (χ0n) is 10.7. The van der Waals surface area contributed by atoms with Gasteiger partial charge in [0, 0.05) is 31.0 Å². The Balaban J connectivity index is 1.96. The van der Waals surface area contributed by atoms with Crippen molar-refractivity contribution in [3.63, 3.8) is 0 Å². The number of para-hydroxylation sites is 1. The molecule has 2 heterocycles. The first-order valence-corrected chi connectivity index (χ1v) is 6.28. The maximum absolute atomic E-state index is 12.4. The third kappa shape index (κ3) is 1.91. The Kier molecular flexibility index (Phi) is 2.80. The molecule has 2 aromatic rings. The van der Waals surface area contributed by atoms with Crippen molar-refractivity contribution >= 4 is 16.8 Å². The SMILES string of the molecule is Cn1c(C(=O)N2C[C@H](O)[C@@H](O)C2)cc2ccccc21. The summed E-state index contributed by atoms with van der Waals surface area (Å²) in [7, 11) is 1.85. The highest BCUT2D eigenvalue weighted by atomic mass is 16.3. The normalized spacial score (nSPS) is 23.2. The van der Waals surface area contributed by atoms with Crippen molar-refractivity contribution in [3.8, 4) is 0 Å². The van der Waals surface area contributed by atoms with E-state index in [0.717, 1.165) is 10.9 Å². The van der Waals surface area contributed by atoms with E-state index in [2.05, 4.69) is 0 Å². The van der Waals surface area contributed by atoms with Crippen LogP contribution in [0, 0.1) is 0 Å². The second kappa shape index (κ2) is 4.36. The summed E-state index contributed by atoms with van der Waals surface area (Å²) in [6, 6.07) is 9.62. The fourth-order valence-corrected chi connectivity index (χ4v) is 2.59. The number of hydrogen-bond donors (Lipinski definition) is 2. The van der Waals surface area contributed by atoms with E-state index in [9.17, 15) is 15.0 Å². The Morgan fingerprint density at radius 2 is 1.84 bits per heavy atom. The molecule has 0 saturated carbocycles. The predicted octanol–water partition coefficient (Wildman–Crippen LogP) is 0.356. The zero-order valence-corrected chi connectivity index (χ0v) is 10.7. The number of aromatic nitrogens is 1. The second-order valence-corrected chi connectivity index (χ2v) is 4.99. The molecule has 19 heavy (non-hydrogen) atoms. The molecule has 1 aliphatic heterocycles. The molecule has 2 atom stereocenters. The Hall–Kier alpha value is -1.85. The number of fused-ring (bicyclic) bond motifs is 1. The van der Waals surface area contributed by atoms with E-state index in [-0.39, 0.29) is 19.0 Å². The summed E-state index contributed by atoms with van der Waals surface area (Å²) in [4.78, 5) is 13.9. The number of hydrogen-bond acceptors (Lipinski definition) is 3. The topological polar surface area (TPSA) is 65.7 Å². The molecule has 0 spiro atoms. The highest BCUT2D eigenvalue weighted by molar-refractivity contribution is 5.98. The summed E-state index contributed by atoms with van der Waals surface area (Å²) in [5.41, 5.74) is 1.56. The van der Waals surface area contributed by atoms with Gasteiger partial charge >= 0.3 is 0 Å². The molecule has 1 saturated heterocycles. The lowest BCUT2D eigenvalue weighted by molar-refractivity contribution is 0.0572. The van der Waals surface area contributed by atoms with Gasteiger partial charge in [-0.2, -0.15) is 0 Å². The van der Waals surface area contributed by atoms with Gasteiger partial charge in [-0.1, -0.05) is 18.2 Å². The summed E-state index contributed by atoms with van der Waals surface area (Å²) in [5.74, 6) is -0.158. The van der Waals surface area contributed by atoms with E-state index in [1.54, 1.807) is 0 Å². The van der Waals surface area contributed by atoms with Crippen LogP contribution in [-0.2, 0) is 7.05 Å². The number of amides is 1. The highest BCUT2D eigenvalue weighted by Gasteiger charge is 2.33. The van der Waals surface area contributed by atoms with Crippen molar-refractivity contribution < 1.29 is 15.0 Å². The van der Waals surface area contributed by atoms with E-state index in [4.69, 9.17) is 0 Å². The summed E-state index contributed by atoms with van der Waals surface area (Å²) in [5, 5.41) is 20.1. The molecule has 3 rings (SSSR count). The number of aliphatic hydroxyl groups is 2. The van der Waals surface area contributed by atoms with Crippen molar-refractivity contribution in [2.75, 3.05) is 13.1 Å². The Bertz CT molecular complexity index is 625. The number of rotatable bonds is 1. The summed E-state index contributed by atoms with van der Waals surface area (Å²) >= 11 is 0. The first-order valence-electron chi connectivity index (χ1n) is 6.28. The number of carbonyl (C=O) groups is 1. The van der Waals surface area contributed by atoms with Crippen molar-refractivity contribution in [1.29, 1.82) is 0 Å². The molecule has 5 nitrogen and oxygen atoms in total. The van der Waals surface area contributed by atoms with Crippen LogP contribution in [0.1, 0.15) is 10.5 Å². The predicted molar refractivity (Wildman–Crippen MR) is 70.8 cm³/mol. The van der Waals surface area contributed by atoms with E-state index >= 15 is 0 Å². The van der Waals surface area contributed by atoms with Crippen LogP contribution in [0.5, 0.6) is 0 Å². The van der Waals surface area contributed by atoms with Crippen LogP contribution in [-0.4, -0.2) is 50.9 Å². The van der Waals surface area contributed by atoms with Gasteiger partial charge in [0.25, 0.3) is 5.91 Å². The largest absolute Gasteiger partial charge is 0.388 e. The van der Waals surface area contributed by atoms with Crippen LogP contribution >= 0.6 is 0 Å². The average molecular weight is 260 g/mol. The average Bonchev–Trinajstić information content (AvgIpc) is 2.91. The van der Waals surface area contributed by atoms with Crippen LogP contribution in [0.3, 0.4) is 0 Å². The second-order valence-electron chi connectivity index (χ2n) is 4.99. The number of benzene rings is 1. The number of likely N-dealkylation sites (tertiary alicyclic amines) is 1. The summed E-state index contributed by atoms with van der Waals surface area (Å²) in [6.45, 7) is 0.364. The standard InChI is InChI=1S/C14H16N2O3/c1-15-10-5-3-2-4-9(10)6-11(15)14(19)16-7-12(17)13(18)8-16/h2-6,12-13,17-18H,7-8H2,1H3/t12-,13-/m0/s1. The van der Waals surface area contributed by atoms with Crippen molar-refractivity contribution in [2.24, 2.45) is 7.05 Å². The lowest BCUT2D eigenvalue weighted by Crippen LogP contribution is -2.31. The molecule has 0 bridgehead atoms. The molecule has 0 radical (unpaired) electrons. The molecule has 0 unspecified atom stereocenters. The molecule has 1 aromatic heterocycles. The van der Waals surface area contributed by atoms with E-state index in [1.165, 1.54) is 4.90 Å². The zero-order chi connectivity index (χ0) is 13.6. The van der Waals surface area contributed by atoms with Gasteiger partial charge < -0.3 is 19.7 Å². The lowest BCUT2D eigenvalue weighted by Gasteiger charge is -2.15. The van der Waals surface area contributed by atoms with Gasteiger partial charge in [0.15, 0.2) is 0 Å². The van der Waals surface area contributed by atoms with Gasteiger partial charge in [0.1, 0.15) is 5.69 Å². The number of aryl methyl sites for hydroxylation is 1. The minimum atomic E-state index is -0.848. The van der Waals surface area contributed by atoms with Gasteiger partial charge in [-0.25, -0.2) is 0 Å². The number of aliphatic hydroxyl groups excluding tert-OH is 2. The molecule has 2 N–H and O–H groups in total. The molecule has 1 aliphatic rings. The van der Waals surface area contributed by atoms with Crippen LogP contribution in [0.2, 0.25) is 0 Å². The fraction of sp³-hybridized carbons (Fsp3) is 0.357. The maximum Gasteiger partial charge on any atom is 0.270 e. The first kappa shape index (κ1) is 12.2. The van der Waals surface area contributed by atoms with Crippen molar-refractivity contribution in [1.82, 2.24) is 9.47 Å².